The number of ether oxygens (including phenoxy) is 2. The molecule has 1 aliphatic rings. The van der Waals surface area contributed by atoms with E-state index in [9.17, 15) is 14.0 Å². The zero-order chi connectivity index (χ0) is 25.6. The van der Waals surface area contributed by atoms with Gasteiger partial charge in [0, 0.05) is 5.56 Å². The number of guanidine groups is 1. The second-order valence-corrected chi connectivity index (χ2v) is 9.03. The first-order valence-corrected chi connectivity index (χ1v) is 11.1. The molecule has 0 saturated heterocycles. The van der Waals surface area contributed by atoms with Gasteiger partial charge >= 0.3 is 5.97 Å². The number of hydrogen-bond donors (Lipinski definition) is 5. The maximum Gasteiger partial charge on any atom is 0.323 e. The standard InChI is InChI=1S/C24H31FN6O4/c1-14(22(33)35-24(2,3)4)26-19(21(32)27-23-28-30-31-29-23)12-15-6-8-16(9-7-15)18-13-17(25)10-11-20(18)34-5/h6-11,13-14,19,26,30-31H,12H2,1-5H3,(H2,27,28,29,32)/t14-,19?/m0/s1. The van der Waals surface area contributed by atoms with Crippen LogP contribution in [0.25, 0.3) is 11.1 Å². The summed E-state index contributed by atoms with van der Waals surface area (Å²) in [5, 5.41) is 9.55. The predicted molar refractivity (Wildman–Crippen MR) is 129 cm³/mol. The predicted octanol–water partition coefficient (Wildman–Crippen LogP) is 1.73. The molecule has 2 atom stereocenters. The van der Waals surface area contributed by atoms with Gasteiger partial charge in [0.15, 0.2) is 0 Å². The van der Waals surface area contributed by atoms with E-state index in [1.807, 2.05) is 24.3 Å². The molecular formula is C24H31FN6O4. The van der Waals surface area contributed by atoms with Crippen LogP contribution in [0.15, 0.2) is 47.6 Å². The van der Waals surface area contributed by atoms with Gasteiger partial charge in [-0.3, -0.25) is 25.6 Å². The molecule has 11 heteroatoms. The zero-order valence-corrected chi connectivity index (χ0v) is 20.4. The van der Waals surface area contributed by atoms with Gasteiger partial charge in [-0.25, -0.2) is 9.93 Å². The van der Waals surface area contributed by atoms with Crippen LogP contribution in [0.3, 0.4) is 0 Å². The van der Waals surface area contributed by atoms with Crippen LogP contribution in [-0.2, 0) is 20.7 Å². The minimum Gasteiger partial charge on any atom is -0.496 e. The van der Waals surface area contributed by atoms with Crippen LogP contribution >= 0.6 is 0 Å². The third kappa shape index (κ3) is 7.39. The second kappa shape index (κ2) is 11.2. The van der Waals surface area contributed by atoms with Crippen molar-refractivity contribution in [2.45, 2.75) is 51.8 Å². The number of esters is 1. The average molecular weight is 487 g/mol. The molecule has 0 fully saturated rings. The van der Waals surface area contributed by atoms with Crippen molar-refractivity contribution in [2.24, 2.45) is 5.10 Å². The molecule has 0 radical (unpaired) electrons. The van der Waals surface area contributed by atoms with Crippen molar-refractivity contribution in [3.05, 3.63) is 53.8 Å². The number of carbonyl (C=O) groups is 2. The summed E-state index contributed by atoms with van der Waals surface area (Å²) in [4.78, 5) is 25.5. The topological polar surface area (TPSA) is 125 Å². The summed E-state index contributed by atoms with van der Waals surface area (Å²) in [5.74, 6) is -0.484. The number of hydrazine groups is 2. The zero-order valence-electron chi connectivity index (χ0n) is 20.4. The monoisotopic (exact) mass is 486 g/mol. The van der Waals surface area contributed by atoms with Crippen LogP contribution < -0.4 is 31.9 Å². The molecule has 2 aromatic carbocycles. The summed E-state index contributed by atoms with van der Waals surface area (Å²) in [7, 11) is 1.53. The number of nitrogens with zero attached hydrogens (tertiary/aromatic N) is 1. The highest BCUT2D eigenvalue weighted by Crippen LogP contribution is 2.30. The largest absolute Gasteiger partial charge is 0.496 e. The molecule has 0 aromatic heterocycles. The Balaban J connectivity index is 1.78. The van der Waals surface area contributed by atoms with Crippen molar-refractivity contribution in [3.8, 4) is 16.9 Å². The number of amides is 1. The van der Waals surface area contributed by atoms with Gasteiger partial charge in [0.05, 0.1) is 13.2 Å². The van der Waals surface area contributed by atoms with Crippen molar-refractivity contribution in [1.82, 2.24) is 27.1 Å². The van der Waals surface area contributed by atoms with Crippen LogP contribution in [0.2, 0.25) is 0 Å². The van der Waals surface area contributed by atoms with E-state index < -0.39 is 29.6 Å². The Bertz CT molecular complexity index is 1080. The first kappa shape index (κ1) is 25.9. The lowest BCUT2D eigenvalue weighted by atomic mass is 9.99. The number of methoxy groups -OCH3 is 1. The van der Waals surface area contributed by atoms with Gasteiger partial charge < -0.3 is 9.47 Å². The Morgan fingerprint density at radius 3 is 2.46 bits per heavy atom. The minimum absolute atomic E-state index is 0.195. The number of benzene rings is 2. The third-order valence-corrected chi connectivity index (χ3v) is 5.04. The molecule has 1 unspecified atom stereocenters. The van der Waals surface area contributed by atoms with E-state index in [1.165, 1.54) is 19.2 Å². The molecule has 3 rings (SSSR count). The molecule has 5 N–H and O–H groups in total. The fraction of sp³-hybridized carbons (Fsp3) is 0.375. The SMILES string of the molecule is COc1ccc(F)cc1-c1ccc(CC(N[C@@H](C)C(=O)OC(C)(C)C)C(=O)NC2=NNNN2)cc1. The number of carbonyl (C=O) groups excluding carboxylic acids is 2. The Labute approximate surface area is 203 Å². The lowest BCUT2D eigenvalue weighted by molar-refractivity contribution is -0.157. The van der Waals surface area contributed by atoms with E-state index in [4.69, 9.17) is 9.47 Å². The van der Waals surface area contributed by atoms with Gasteiger partial charge in [-0.1, -0.05) is 24.3 Å². The van der Waals surface area contributed by atoms with E-state index in [2.05, 4.69) is 32.2 Å². The maximum absolute atomic E-state index is 13.8. The van der Waals surface area contributed by atoms with Crippen LogP contribution in [0, 0.1) is 5.82 Å². The number of hydrogen-bond acceptors (Lipinski definition) is 9. The highest BCUT2D eigenvalue weighted by Gasteiger charge is 2.28. The Morgan fingerprint density at radius 2 is 1.86 bits per heavy atom. The van der Waals surface area contributed by atoms with Gasteiger partial charge in [0.1, 0.15) is 23.2 Å². The second-order valence-electron chi connectivity index (χ2n) is 9.03. The normalized spacial score (nSPS) is 14.7. The summed E-state index contributed by atoms with van der Waals surface area (Å²) >= 11 is 0. The summed E-state index contributed by atoms with van der Waals surface area (Å²) in [6.45, 7) is 6.98. The minimum atomic E-state index is -0.780. The summed E-state index contributed by atoms with van der Waals surface area (Å²) < 4.78 is 24.6. The fourth-order valence-corrected chi connectivity index (χ4v) is 3.41. The molecule has 188 valence electrons. The lowest BCUT2D eigenvalue weighted by Crippen LogP contribution is -2.55. The molecule has 0 bridgehead atoms. The number of halogens is 1. The van der Waals surface area contributed by atoms with Crippen molar-refractivity contribution < 1.29 is 23.5 Å². The highest BCUT2D eigenvalue weighted by molar-refractivity contribution is 5.99. The number of nitrogens with one attached hydrogen (secondary N) is 5. The molecule has 35 heavy (non-hydrogen) atoms. The van der Waals surface area contributed by atoms with Gasteiger partial charge in [-0.05, 0) is 63.4 Å². The van der Waals surface area contributed by atoms with Gasteiger partial charge in [0.25, 0.3) is 0 Å². The molecule has 2 aromatic rings. The van der Waals surface area contributed by atoms with E-state index in [0.29, 0.717) is 11.3 Å². The molecule has 0 saturated carbocycles. The molecule has 1 amide bonds. The van der Waals surface area contributed by atoms with Crippen LogP contribution in [0.4, 0.5) is 4.39 Å². The maximum atomic E-state index is 13.8. The van der Waals surface area contributed by atoms with E-state index in [-0.39, 0.29) is 18.2 Å². The van der Waals surface area contributed by atoms with Crippen LogP contribution in [0.1, 0.15) is 33.3 Å². The first-order valence-electron chi connectivity index (χ1n) is 11.1. The van der Waals surface area contributed by atoms with Crippen molar-refractivity contribution in [3.63, 3.8) is 0 Å². The molecule has 1 heterocycles. The number of rotatable bonds is 8. The van der Waals surface area contributed by atoms with Crippen molar-refractivity contribution in [1.29, 1.82) is 0 Å². The number of hydrazone groups is 1. The van der Waals surface area contributed by atoms with Crippen LogP contribution in [-0.4, -0.2) is 42.6 Å². The lowest BCUT2D eigenvalue weighted by Gasteiger charge is -2.26. The Kier molecular flexibility index (Phi) is 8.26. The Morgan fingerprint density at radius 1 is 1.14 bits per heavy atom. The van der Waals surface area contributed by atoms with E-state index in [1.54, 1.807) is 33.8 Å². The van der Waals surface area contributed by atoms with Gasteiger partial charge in [-0.2, -0.15) is 0 Å². The highest BCUT2D eigenvalue weighted by atomic mass is 19.1. The summed E-state index contributed by atoms with van der Waals surface area (Å²) in [6.07, 6.45) is 0.272. The molecular weight excluding hydrogens is 455 g/mol. The van der Waals surface area contributed by atoms with Crippen LogP contribution in [0.5, 0.6) is 5.75 Å². The van der Waals surface area contributed by atoms with Crippen molar-refractivity contribution in [2.75, 3.05) is 7.11 Å². The first-order chi connectivity index (χ1) is 16.6. The molecule has 0 spiro atoms. The fourth-order valence-electron chi connectivity index (χ4n) is 3.41. The summed E-state index contributed by atoms with van der Waals surface area (Å²) in [5.41, 5.74) is 9.21. The smallest absolute Gasteiger partial charge is 0.323 e. The van der Waals surface area contributed by atoms with E-state index in [0.717, 1.165) is 11.1 Å². The van der Waals surface area contributed by atoms with Crippen molar-refractivity contribution >= 4 is 17.8 Å². The van der Waals surface area contributed by atoms with E-state index >= 15 is 0 Å². The third-order valence-electron chi connectivity index (χ3n) is 5.04. The quantitative estimate of drug-likeness (QED) is 0.358. The molecule has 1 aliphatic heterocycles. The Hall–Kier alpha value is -3.70. The average Bonchev–Trinajstić information content (AvgIpc) is 3.31. The molecule has 0 aliphatic carbocycles. The molecule has 10 nitrogen and oxygen atoms in total. The summed E-state index contributed by atoms with van der Waals surface area (Å²) in [6, 6.07) is 10.1. The van der Waals surface area contributed by atoms with Gasteiger partial charge in [-0.15, -0.1) is 10.6 Å². The van der Waals surface area contributed by atoms with Gasteiger partial charge in [0.2, 0.25) is 11.9 Å².